The largest absolute Gasteiger partial charge is 0.493 e. The maximum atomic E-state index is 13.1. The van der Waals surface area contributed by atoms with Gasteiger partial charge in [-0.25, -0.2) is 4.39 Å². The maximum absolute atomic E-state index is 13.1. The van der Waals surface area contributed by atoms with E-state index in [2.05, 4.69) is 11.3 Å². The van der Waals surface area contributed by atoms with Crippen LogP contribution in [0.4, 0.5) is 10.1 Å². The van der Waals surface area contributed by atoms with E-state index in [1.807, 2.05) is 0 Å². The summed E-state index contributed by atoms with van der Waals surface area (Å²) >= 11 is 0. The molecule has 0 aromatic heterocycles. The molecule has 0 saturated carbocycles. The normalized spacial score (nSPS) is 9.57. The summed E-state index contributed by atoms with van der Waals surface area (Å²) in [5, 5.41) is 10.5. The quantitative estimate of drug-likeness (QED) is 0.552. The number of nitro benzene ring substituents is 1. The van der Waals surface area contributed by atoms with Gasteiger partial charge in [0.1, 0.15) is 0 Å². The first kappa shape index (κ1) is 10.2. The second kappa shape index (κ2) is 3.87. The fourth-order valence-corrected chi connectivity index (χ4v) is 1.04. The highest BCUT2D eigenvalue weighted by atomic mass is 19.1. The van der Waals surface area contributed by atoms with Gasteiger partial charge in [0, 0.05) is 0 Å². The van der Waals surface area contributed by atoms with Crippen molar-refractivity contribution in [2.24, 2.45) is 0 Å². The zero-order valence-corrected chi connectivity index (χ0v) is 7.49. The van der Waals surface area contributed by atoms with Crippen LogP contribution in [0.3, 0.4) is 0 Å². The molecule has 74 valence electrons. The summed E-state index contributed by atoms with van der Waals surface area (Å²) < 4.78 is 17.7. The highest BCUT2D eigenvalue weighted by molar-refractivity contribution is 5.61. The molecular formula is C9H8FNO3. The van der Waals surface area contributed by atoms with E-state index in [1.54, 1.807) is 0 Å². The van der Waals surface area contributed by atoms with E-state index in [4.69, 9.17) is 0 Å². The third-order valence-electron chi connectivity index (χ3n) is 1.72. The molecule has 0 bridgehead atoms. The minimum Gasteiger partial charge on any atom is -0.493 e. The smallest absolute Gasteiger partial charge is 0.280 e. The van der Waals surface area contributed by atoms with E-state index in [0.717, 1.165) is 12.1 Å². The first-order valence-corrected chi connectivity index (χ1v) is 3.74. The molecule has 0 aliphatic rings. The number of halogens is 1. The maximum Gasteiger partial charge on any atom is 0.280 e. The van der Waals surface area contributed by atoms with Gasteiger partial charge in [-0.3, -0.25) is 10.1 Å². The fourth-order valence-electron chi connectivity index (χ4n) is 1.04. The van der Waals surface area contributed by atoms with Crippen LogP contribution in [-0.4, -0.2) is 12.0 Å². The molecule has 14 heavy (non-hydrogen) atoms. The highest BCUT2D eigenvalue weighted by Gasteiger charge is 2.16. The van der Waals surface area contributed by atoms with Crippen LogP contribution >= 0.6 is 0 Å². The Morgan fingerprint density at radius 1 is 1.64 bits per heavy atom. The minimum absolute atomic E-state index is 0.133. The predicted molar refractivity (Wildman–Crippen MR) is 49.7 cm³/mol. The second-order valence-electron chi connectivity index (χ2n) is 2.51. The predicted octanol–water partition coefficient (Wildman–Crippen LogP) is 2.39. The molecule has 0 amide bonds. The molecule has 1 aromatic carbocycles. The molecular weight excluding hydrogens is 189 g/mol. The second-order valence-corrected chi connectivity index (χ2v) is 2.51. The van der Waals surface area contributed by atoms with Crippen molar-refractivity contribution >= 4 is 11.8 Å². The average molecular weight is 197 g/mol. The molecule has 0 radical (unpaired) electrons. The first-order chi connectivity index (χ1) is 6.60. The number of nitro groups is 1. The van der Waals surface area contributed by atoms with Crippen LogP contribution < -0.4 is 4.74 Å². The minimum atomic E-state index is -0.645. The summed E-state index contributed by atoms with van der Waals surface area (Å²) in [5.74, 6) is -0.796. The first-order valence-electron chi connectivity index (χ1n) is 3.74. The number of hydrogen-bond acceptors (Lipinski definition) is 3. The van der Waals surface area contributed by atoms with Crippen molar-refractivity contribution in [1.29, 1.82) is 0 Å². The Hall–Kier alpha value is -1.91. The van der Waals surface area contributed by atoms with E-state index in [-0.39, 0.29) is 17.0 Å². The van der Waals surface area contributed by atoms with Crippen molar-refractivity contribution in [3.63, 3.8) is 0 Å². The SMILES string of the molecule is C=Cc1cc(F)c(OC)cc1[N+](=O)[O-]. The van der Waals surface area contributed by atoms with Gasteiger partial charge in [-0.2, -0.15) is 0 Å². The van der Waals surface area contributed by atoms with Gasteiger partial charge in [-0.1, -0.05) is 12.7 Å². The lowest BCUT2D eigenvalue weighted by molar-refractivity contribution is -0.385. The lowest BCUT2D eigenvalue weighted by atomic mass is 10.1. The topological polar surface area (TPSA) is 52.4 Å². The van der Waals surface area contributed by atoms with E-state index in [9.17, 15) is 14.5 Å². The molecule has 0 spiro atoms. The Bertz CT molecular complexity index is 390. The van der Waals surface area contributed by atoms with Crippen LogP contribution in [0.15, 0.2) is 18.7 Å². The zero-order valence-electron chi connectivity index (χ0n) is 7.49. The third kappa shape index (κ3) is 1.71. The Labute approximate surface area is 79.8 Å². The molecule has 0 saturated heterocycles. The van der Waals surface area contributed by atoms with Crippen LogP contribution in [0.1, 0.15) is 5.56 Å². The van der Waals surface area contributed by atoms with Crippen molar-refractivity contribution in [2.75, 3.05) is 7.11 Å². The molecule has 0 aliphatic carbocycles. The number of hydrogen-bond donors (Lipinski definition) is 0. The molecule has 0 heterocycles. The van der Waals surface area contributed by atoms with Gasteiger partial charge in [0.15, 0.2) is 11.6 Å². The number of ether oxygens (including phenoxy) is 1. The van der Waals surface area contributed by atoms with E-state index < -0.39 is 10.7 Å². The summed E-state index contributed by atoms with van der Waals surface area (Å²) in [4.78, 5) is 9.93. The fraction of sp³-hybridized carbons (Fsp3) is 0.111. The van der Waals surface area contributed by atoms with Gasteiger partial charge in [0.25, 0.3) is 5.69 Å². The molecule has 0 fully saturated rings. The molecule has 0 aliphatic heterocycles. The van der Waals surface area contributed by atoms with Gasteiger partial charge in [0.05, 0.1) is 23.7 Å². The van der Waals surface area contributed by atoms with Gasteiger partial charge in [-0.15, -0.1) is 0 Å². The highest BCUT2D eigenvalue weighted by Crippen LogP contribution is 2.28. The summed E-state index contributed by atoms with van der Waals surface area (Å²) in [5.41, 5.74) is -0.0912. The van der Waals surface area contributed by atoms with Crippen molar-refractivity contribution in [2.45, 2.75) is 0 Å². The summed E-state index contributed by atoms with van der Waals surface area (Å²) in [6, 6.07) is 2.05. The summed E-state index contributed by atoms with van der Waals surface area (Å²) in [7, 11) is 1.25. The van der Waals surface area contributed by atoms with Crippen LogP contribution in [0.25, 0.3) is 6.08 Å². The molecule has 0 atom stereocenters. The van der Waals surface area contributed by atoms with Gasteiger partial charge < -0.3 is 4.74 Å². The lowest BCUT2D eigenvalue weighted by Gasteiger charge is -2.03. The van der Waals surface area contributed by atoms with E-state index >= 15 is 0 Å². The summed E-state index contributed by atoms with van der Waals surface area (Å²) in [6.45, 7) is 3.36. The van der Waals surface area contributed by atoms with Crippen LogP contribution in [0.5, 0.6) is 5.75 Å². The van der Waals surface area contributed by atoms with Crippen molar-refractivity contribution in [3.05, 3.63) is 40.2 Å². The standard InChI is InChI=1S/C9H8FNO3/c1-3-6-4-7(10)9(14-2)5-8(6)11(12)13/h3-5H,1H2,2H3. The Morgan fingerprint density at radius 2 is 2.29 bits per heavy atom. The van der Waals surface area contributed by atoms with E-state index in [0.29, 0.717) is 0 Å². The zero-order chi connectivity index (χ0) is 10.7. The van der Waals surface area contributed by atoms with Gasteiger partial charge in [0.2, 0.25) is 0 Å². The Balaban J connectivity index is 3.39. The van der Waals surface area contributed by atoms with Gasteiger partial charge in [-0.05, 0) is 6.07 Å². The molecule has 0 N–H and O–H groups in total. The molecule has 5 heteroatoms. The molecule has 1 rings (SSSR count). The number of methoxy groups -OCH3 is 1. The van der Waals surface area contributed by atoms with Crippen LogP contribution in [0, 0.1) is 15.9 Å². The number of nitrogens with zero attached hydrogens (tertiary/aromatic N) is 1. The Morgan fingerprint density at radius 3 is 2.71 bits per heavy atom. The van der Waals surface area contributed by atoms with Crippen molar-refractivity contribution < 1.29 is 14.1 Å². The third-order valence-corrected chi connectivity index (χ3v) is 1.72. The van der Waals surface area contributed by atoms with Crippen LogP contribution in [-0.2, 0) is 0 Å². The molecule has 1 aromatic rings. The van der Waals surface area contributed by atoms with Crippen molar-refractivity contribution in [3.8, 4) is 5.75 Å². The number of rotatable bonds is 3. The summed E-state index contributed by atoms with van der Waals surface area (Å²) in [6.07, 6.45) is 1.22. The lowest BCUT2D eigenvalue weighted by Crippen LogP contribution is -1.95. The molecule has 0 unspecified atom stereocenters. The van der Waals surface area contributed by atoms with Gasteiger partial charge >= 0.3 is 0 Å². The van der Waals surface area contributed by atoms with Crippen LogP contribution in [0.2, 0.25) is 0 Å². The van der Waals surface area contributed by atoms with E-state index in [1.165, 1.54) is 13.2 Å². The average Bonchev–Trinajstić information content (AvgIpc) is 2.16. The Kier molecular flexibility index (Phi) is 2.81. The number of benzene rings is 1. The van der Waals surface area contributed by atoms with Crippen molar-refractivity contribution in [1.82, 2.24) is 0 Å². The molecule has 4 nitrogen and oxygen atoms in total. The monoisotopic (exact) mass is 197 g/mol.